The largest absolute Gasteiger partial charge is 0.328 e. The summed E-state index contributed by atoms with van der Waals surface area (Å²) >= 11 is 0. The highest BCUT2D eigenvalue weighted by Gasteiger charge is 2.02. The van der Waals surface area contributed by atoms with Crippen LogP contribution in [0.5, 0.6) is 0 Å². The maximum Gasteiger partial charge on any atom is 0.00388 e. The van der Waals surface area contributed by atoms with E-state index >= 15 is 0 Å². The molecule has 0 aliphatic carbocycles. The zero-order chi connectivity index (χ0) is 22.0. The lowest BCUT2D eigenvalue weighted by Gasteiger charge is -2.11. The van der Waals surface area contributed by atoms with Crippen molar-refractivity contribution in [1.82, 2.24) is 0 Å². The third kappa shape index (κ3) is 25.5. The van der Waals surface area contributed by atoms with Crippen molar-refractivity contribution in [3.63, 3.8) is 0 Å². The van der Waals surface area contributed by atoms with Crippen LogP contribution in [0.3, 0.4) is 0 Å². The van der Waals surface area contributed by atoms with Crippen molar-refractivity contribution < 1.29 is 0 Å². The third-order valence-electron chi connectivity index (χ3n) is 6.20. The number of nitrogens with two attached hydrogens (primary N) is 1. The van der Waals surface area contributed by atoms with E-state index in [1.54, 1.807) is 0 Å². The average molecular weight is 420 g/mol. The van der Waals surface area contributed by atoms with Crippen molar-refractivity contribution in [3.8, 4) is 0 Å². The van der Waals surface area contributed by atoms with Crippen LogP contribution in [0.15, 0.2) is 24.3 Å². The molecule has 0 spiro atoms. The van der Waals surface area contributed by atoms with Gasteiger partial charge in [0.2, 0.25) is 0 Å². The minimum atomic E-state index is 0.457. The fourth-order valence-electron chi connectivity index (χ4n) is 4.08. The van der Waals surface area contributed by atoms with E-state index in [1.165, 1.54) is 135 Å². The summed E-state index contributed by atoms with van der Waals surface area (Å²) in [7, 11) is 0. The van der Waals surface area contributed by atoms with Gasteiger partial charge in [-0.3, -0.25) is 0 Å². The Balaban J connectivity index is 3.22. The highest BCUT2D eigenvalue weighted by Crippen LogP contribution is 2.14. The molecule has 0 rings (SSSR count). The highest BCUT2D eigenvalue weighted by atomic mass is 14.6. The van der Waals surface area contributed by atoms with Crippen LogP contribution in [0.2, 0.25) is 0 Å². The van der Waals surface area contributed by atoms with Gasteiger partial charge >= 0.3 is 0 Å². The van der Waals surface area contributed by atoms with Crippen molar-refractivity contribution in [2.24, 2.45) is 5.73 Å². The molecule has 30 heavy (non-hydrogen) atoms. The number of unbranched alkanes of at least 4 members (excludes halogenated alkanes) is 16. The van der Waals surface area contributed by atoms with E-state index in [4.69, 9.17) is 5.73 Å². The maximum absolute atomic E-state index is 6.29. The van der Waals surface area contributed by atoms with Crippen LogP contribution in [0.25, 0.3) is 0 Å². The molecule has 1 atom stereocenters. The van der Waals surface area contributed by atoms with E-state index < -0.39 is 0 Å². The molecule has 178 valence electrons. The molecule has 1 unspecified atom stereocenters. The summed E-state index contributed by atoms with van der Waals surface area (Å²) < 4.78 is 0. The lowest BCUT2D eigenvalue weighted by Crippen LogP contribution is -2.19. The molecule has 1 heteroatoms. The van der Waals surface area contributed by atoms with Gasteiger partial charge in [0.15, 0.2) is 0 Å². The fourth-order valence-corrected chi connectivity index (χ4v) is 4.08. The van der Waals surface area contributed by atoms with Crippen LogP contribution >= 0.6 is 0 Å². The summed E-state index contributed by atoms with van der Waals surface area (Å²) in [4.78, 5) is 0. The lowest BCUT2D eigenvalue weighted by atomic mass is 10.0. The second-order valence-electron chi connectivity index (χ2n) is 9.40. The molecule has 0 radical (unpaired) electrons. The van der Waals surface area contributed by atoms with E-state index in [0.29, 0.717) is 6.04 Å². The number of hydrogen-bond donors (Lipinski definition) is 1. The van der Waals surface area contributed by atoms with Gasteiger partial charge in [0.05, 0.1) is 0 Å². The Morgan fingerprint density at radius 3 is 1.33 bits per heavy atom. The summed E-state index contributed by atoms with van der Waals surface area (Å²) in [6, 6.07) is 0.457. The predicted molar refractivity (Wildman–Crippen MR) is 139 cm³/mol. The van der Waals surface area contributed by atoms with Crippen LogP contribution in [-0.2, 0) is 0 Å². The monoisotopic (exact) mass is 419 g/mol. The van der Waals surface area contributed by atoms with Gasteiger partial charge in [-0.05, 0) is 44.9 Å². The number of rotatable bonds is 24. The quantitative estimate of drug-likeness (QED) is 0.122. The summed E-state index contributed by atoms with van der Waals surface area (Å²) in [6.45, 7) is 4.55. The summed E-state index contributed by atoms with van der Waals surface area (Å²) in [5.74, 6) is 0. The molecule has 0 aromatic rings. The van der Waals surface area contributed by atoms with E-state index in [-0.39, 0.29) is 0 Å². The molecular formula is C29H57N. The van der Waals surface area contributed by atoms with E-state index in [0.717, 1.165) is 6.42 Å². The molecule has 0 bridgehead atoms. The first-order valence-electron chi connectivity index (χ1n) is 13.9. The molecule has 0 aliphatic rings. The Labute approximate surface area is 191 Å². The van der Waals surface area contributed by atoms with Gasteiger partial charge in [-0.15, -0.1) is 0 Å². The van der Waals surface area contributed by atoms with Gasteiger partial charge in [0.1, 0.15) is 0 Å². The van der Waals surface area contributed by atoms with Crippen LogP contribution in [0, 0.1) is 0 Å². The van der Waals surface area contributed by atoms with Crippen LogP contribution < -0.4 is 5.73 Å². The van der Waals surface area contributed by atoms with Gasteiger partial charge < -0.3 is 5.73 Å². The minimum absolute atomic E-state index is 0.457. The van der Waals surface area contributed by atoms with Crippen molar-refractivity contribution in [2.75, 3.05) is 0 Å². The molecule has 0 fully saturated rings. The van der Waals surface area contributed by atoms with E-state index in [1.807, 2.05) is 0 Å². The molecule has 0 aliphatic heterocycles. The first-order chi connectivity index (χ1) is 14.8. The van der Waals surface area contributed by atoms with Crippen LogP contribution in [0.4, 0.5) is 0 Å². The second-order valence-corrected chi connectivity index (χ2v) is 9.40. The van der Waals surface area contributed by atoms with Crippen molar-refractivity contribution >= 4 is 0 Å². The Hall–Kier alpha value is -0.560. The second kappa shape index (κ2) is 26.5. The van der Waals surface area contributed by atoms with Crippen LogP contribution in [-0.4, -0.2) is 6.04 Å². The third-order valence-corrected chi connectivity index (χ3v) is 6.20. The van der Waals surface area contributed by atoms with Crippen LogP contribution in [0.1, 0.15) is 155 Å². The molecular weight excluding hydrogens is 362 g/mol. The molecule has 0 saturated heterocycles. The van der Waals surface area contributed by atoms with Gasteiger partial charge in [-0.25, -0.2) is 0 Å². The predicted octanol–water partition coefficient (Wildman–Crippen LogP) is 10.0. The molecule has 2 N–H and O–H groups in total. The van der Waals surface area contributed by atoms with E-state index in [2.05, 4.69) is 38.2 Å². The summed E-state index contributed by atoms with van der Waals surface area (Å²) in [5, 5.41) is 0. The van der Waals surface area contributed by atoms with Gasteiger partial charge in [-0.1, -0.05) is 134 Å². The standard InChI is InChI=1S/C29H57N/c1-3-5-7-9-11-12-13-14-15-16-17-18-19-20-22-24-26-28-29(30)27-25-23-21-10-8-6-4-2/h11-12,14-15,29H,3-10,13,16-28,30H2,1-2H3. The maximum atomic E-state index is 6.29. The zero-order valence-electron chi connectivity index (χ0n) is 21.0. The van der Waals surface area contributed by atoms with Crippen molar-refractivity contribution in [1.29, 1.82) is 0 Å². The summed E-state index contributed by atoms with van der Waals surface area (Å²) in [6.07, 6.45) is 39.0. The smallest absolute Gasteiger partial charge is 0.00388 e. The molecule has 0 saturated carbocycles. The zero-order valence-corrected chi connectivity index (χ0v) is 21.0. The Morgan fingerprint density at radius 1 is 0.467 bits per heavy atom. The topological polar surface area (TPSA) is 26.0 Å². The SMILES string of the molecule is CCCCCC=CCC=CCCCCCCCCCC(N)CCCCCCCCC. The Bertz CT molecular complexity index is 357. The number of hydrogen-bond acceptors (Lipinski definition) is 1. The average Bonchev–Trinajstić information content (AvgIpc) is 2.75. The lowest BCUT2D eigenvalue weighted by molar-refractivity contribution is 0.481. The first-order valence-corrected chi connectivity index (χ1v) is 13.9. The van der Waals surface area contributed by atoms with Crippen molar-refractivity contribution in [3.05, 3.63) is 24.3 Å². The molecule has 0 heterocycles. The van der Waals surface area contributed by atoms with Crippen molar-refractivity contribution in [2.45, 2.75) is 161 Å². The fraction of sp³-hybridized carbons (Fsp3) is 0.862. The van der Waals surface area contributed by atoms with Gasteiger partial charge in [0.25, 0.3) is 0 Å². The molecule has 0 aromatic carbocycles. The molecule has 1 nitrogen and oxygen atoms in total. The Kier molecular flexibility index (Phi) is 26.0. The Morgan fingerprint density at radius 2 is 0.833 bits per heavy atom. The first kappa shape index (κ1) is 29.4. The van der Waals surface area contributed by atoms with Gasteiger partial charge in [0, 0.05) is 6.04 Å². The van der Waals surface area contributed by atoms with E-state index in [9.17, 15) is 0 Å². The highest BCUT2D eigenvalue weighted by molar-refractivity contribution is 4.92. The normalized spacial score (nSPS) is 13.0. The molecule has 0 aromatic heterocycles. The molecule has 0 amide bonds. The minimum Gasteiger partial charge on any atom is -0.328 e. The van der Waals surface area contributed by atoms with Gasteiger partial charge in [-0.2, -0.15) is 0 Å². The summed E-state index contributed by atoms with van der Waals surface area (Å²) in [5.41, 5.74) is 6.29. The number of allylic oxidation sites excluding steroid dienone is 4.